The van der Waals surface area contributed by atoms with Gasteiger partial charge in [-0.05, 0) is 49.2 Å². The van der Waals surface area contributed by atoms with E-state index in [9.17, 15) is 9.59 Å². The maximum absolute atomic E-state index is 12.4. The molecule has 0 bridgehead atoms. The maximum Gasteiger partial charge on any atom is 0.282 e. The fraction of sp³-hybridized carbons (Fsp3) is 0.286. The van der Waals surface area contributed by atoms with E-state index >= 15 is 0 Å². The van der Waals surface area contributed by atoms with Gasteiger partial charge in [0.25, 0.3) is 11.8 Å². The van der Waals surface area contributed by atoms with Crippen molar-refractivity contribution in [2.75, 3.05) is 24.2 Å². The first kappa shape index (κ1) is 20.1. The van der Waals surface area contributed by atoms with Crippen molar-refractivity contribution in [3.8, 4) is 6.07 Å². The average molecular weight is 365 g/mol. The van der Waals surface area contributed by atoms with E-state index < -0.39 is 6.04 Å². The van der Waals surface area contributed by atoms with E-state index in [1.807, 2.05) is 44.3 Å². The van der Waals surface area contributed by atoms with Gasteiger partial charge in [0, 0.05) is 11.4 Å². The van der Waals surface area contributed by atoms with Crippen LogP contribution in [0.15, 0.2) is 48.5 Å². The number of nitrogens with one attached hydrogen (secondary N) is 3. The van der Waals surface area contributed by atoms with Crippen LogP contribution in [0.1, 0.15) is 25.0 Å². The molecule has 0 aliphatic carbocycles. The van der Waals surface area contributed by atoms with Crippen LogP contribution < -0.4 is 15.5 Å². The molecule has 0 aromatic heterocycles. The van der Waals surface area contributed by atoms with Crippen LogP contribution in [0.25, 0.3) is 0 Å². The number of quaternary nitrogens is 1. The maximum atomic E-state index is 12.4. The Morgan fingerprint density at radius 3 is 2.41 bits per heavy atom. The van der Waals surface area contributed by atoms with Crippen LogP contribution in [0.2, 0.25) is 0 Å². The van der Waals surface area contributed by atoms with E-state index in [1.165, 1.54) is 0 Å². The Kier molecular flexibility index (Phi) is 7.09. The molecule has 1 unspecified atom stereocenters. The number of anilines is 2. The highest BCUT2D eigenvalue weighted by Crippen LogP contribution is 2.14. The van der Waals surface area contributed by atoms with E-state index in [1.54, 1.807) is 31.2 Å². The summed E-state index contributed by atoms with van der Waals surface area (Å²) in [6.45, 7) is 4.00. The fourth-order valence-corrected chi connectivity index (χ4v) is 2.65. The number of hydrogen-bond donors (Lipinski definition) is 3. The van der Waals surface area contributed by atoms with Crippen LogP contribution in [0.4, 0.5) is 11.4 Å². The van der Waals surface area contributed by atoms with Gasteiger partial charge in [0.05, 0.1) is 18.7 Å². The second-order valence-electron chi connectivity index (χ2n) is 6.48. The van der Waals surface area contributed by atoms with Crippen LogP contribution in [-0.2, 0) is 16.0 Å². The lowest BCUT2D eigenvalue weighted by Crippen LogP contribution is -3.14. The molecule has 0 aliphatic heterocycles. The minimum absolute atomic E-state index is 0.133. The number of likely N-dealkylation sites (N-methyl/N-ethyl adjacent to an activating group) is 1. The lowest BCUT2D eigenvalue weighted by atomic mass is 10.1. The monoisotopic (exact) mass is 365 g/mol. The summed E-state index contributed by atoms with van der Waals surface area (Å²) in [6, 6.07) is 16.0. The van der Waals surface area contributed by atoms with Gasteiger partial charge in [-0.15, -0.1) is 0 Å². The van der Waals surface area contributed by atoms with Crippen molar-refractivity contribution in [1.29, 1.82) is 5.26 Å². The van der Waals surface area contributed by atoms with Crippen molar-refractivity contribution in [3.63, 3.8) is 0 Å². The zero-order valence-electron chi connectivity index (χ0n) is 15.9. The molecule has 0 radical (unpaired) electrons. The fourth-order valence-electron chi connectivity index (χ4n) is 2.65. The van der Waals surface area contributed by atoms with Crippen LogP contribution in [0, 0.1) is 11.3 Å². The molecular weight excluding hydrogens is 340 g/mol. The minimum Gasteiger partial charge on any atom is -0.321 e. The third-order valence-electron chi connectivity index (χ3n) is 4.53. The van der Waals surface area contributed by atoms with Gasteiger partial charge in [-0.1, -0.05) is 25.1 Å². The molecule has 0 heterocycles. The Balaban J connectivity index is 1.91. The van der Waals surface area contributed by atoms with Crippen LogP contribution in [-0.4, -0.2) is 31.4 Å². The van der Waals surface area contributed by atoms with Gasteiger partial charge in [-0.2, -0.15) is 5.26 Å². The zero-order valence-corrected chi connectivity index (χ0v) is 15.9. The molecule has 2 amide bonds. The molecule has 0 fully saturated rings. The predicted octanol–water partition coefficient (Wildman–Crippen LogP) is 1.60. The Hall–Kier alpha value is -3.17. The second kappa shape index (κ2) is 9.51. The molecule has 0 saturated heterocycles. The standard InChI is InChI=1S/C21H24N4O2/c1-4-17-7-5-6-8-19(17)24-20(26)14-25(3)15(2)21(27)23-18-11-9-16(13-22)10-12-18/h5-12,15H,4,14H2,1-3H3,(H,23,27)(H,24,26)/p+1/t15-/m0/s1. The Labute approximate surface area is 159 Å². The van der Waals surface area contributed by atoms with E-state index in [4.69, 9.17) is 5.26 Å². The van der Waals surface area contributed by atoms with Crippen molar-refractivity contribution >= 4 is 23.2 Å². The minimum atomic E-state index is -0.409. The predicted molar refractivity (Wildman–Crippen MR) is 105 cm³/mol. The van der Waals surface area contributed by atoms with Gasteiger partial charge >= 0.3 is 0 Å². The molecule has 27 heavy (non-hydrogen) atoms. The van der Waals surface area contributed by atoms with E-state index in [0.29, 0.717) is 11.3 Å². The summed E-state index contributed by atoms with van der Waals surface area (Å²) in [7, 11) is 1.81. The molecule has 0 saturated carbocycles. The number of carbonyl (C=O) groups is 2. The van der Waals surface area contributed by atoms with Gasteiger partial charge in [-0.25, -0.2) is 0 Å². The Morgan fingerprint density at radius 1 is 1.11 bits per heavy atom. The quantitative estimate of drug-likeness (QED) is 0.697. The lowest BCUT2D eigenvalue weighted by molar-refractivity contribution is -0.885. The third-order valence-corrected chi connectivity index (χ3v) is 4.53. The molecule has 0 spiro atoms. The molecule has 6 heteroatoms. The molecule has 0 aliphatic rings. The van der Waals surface area contributed by atoms with E-state index in [-0.39, 0.29) is 18.4 Å². The number of benzene rings is 2. The topological polar surface area (TPSA) is 86.4 Å². The van der Waals surface area contributed by atoms with E-state index in [0.717, 1.165) is 22.6 Å². The first-order chi connectivity index (χ1) is 12.9. The molecule has 6 nitrogen and oxygen atoms in total. The van der Waals surface area contributed by atoms with Gasteiger partial charge in [0.1, 0.15) is 0 Å². The molecule has 2 aromatic rings. The number of para-hydroxylation sites is 1. The summed E-state index contributed by atoms with van der Waals surface area (Å²) in [5.74, 6) is -0.314. The first-order valence-electron chi connectivity index (χ1n) is 8.95. The lowest BCUT2D eigenvalue weighted by Gasteiger charge is -2.21. The second-order valence-corrected chi connectivity index (χ2v) is 6.48. The number of hydrogen-bond acceptors (Lipinski definition) is 3. The smallest absolute Gasteiger partial charge is 0.282 e. The van der Waals surface area contributed by atoms with Gasteiger partial charge in [0.2, 0.25) is 0 Å². The molecule has 2 aromatic carbocycles. The van der Waals surface area contributed by atoms with Gasteiger partial charge in [-0.3, -0.25) is 9.59 Å². The zero-order chi connectivity index (χ0) is 19.8. The third kappa shape index (κ3) is 5.66. The number of carbonyl (C=O) groups excluding carboxylic acids is 2. The highest BCUT2D eigenvalue weighted by Gasteiger charge is 2.24. The first-order valence-corrected chi connectivity index (χ1v) is 8.95. The molecule has 3 N–H and O–H groups in total. The van der Waals surface area contributed by atoms with Crippen molar-refractivity contribution in [2.45, 2.75) is 26.3 Å². The SMILES string of the molecule is CCc1ccccc1NC(=O)C[NH+](C)[C@@H](C)C(=O)Nc1ccc(C#N)cc1. The Bertz CT molecular complexity index is 840. The van der Waals surface area contributed by atoms with E-state index in [2.05, 4.69) is 10.6 Å². The van der Waals surface area contributed by atoms with Gasteiger partial charge in [0.15, 0.2) is 12.6 Å². The number of nitrogens with zero attached hydrogens (tertiary/aromatic N) is 1. The highest BCUT2D eigenvalue weighted by molar-refractivity contribution is 5.94. The summed E-state index contributed by atoms with van der Waals surface area (Å²) in [5.41, 5.74) is 3.05. The normalized spacial score (nSPS) is 12.5. The van der Waals surface area contributed by atoms with Crippen molar-refractivity contribution in [2.24, 2.45) is 0 Å². The molecular formula is C21H25N4O2+. The van der Waals surface area contributed by atoms with Crippen molar-refractivity contribution in [3.05, 3.63) is 59.7 Å². The summed E-state index contributed by atoms with van der Waals surface area (Å²) in [4.78, 5) is 25.6. The van der Waals surface area contributed by atoms with Crippen molar-refractivity contribution < 1.29 is 14.5 Å². The number of nitriles is 1. The summed E-state index contributed by atoms with van der Waals surface area (Å²) < 4.78 is 0. The molecule has 2 rings (SSSR count). The largest absolute Gasteiger partial charge is 0.321 e. The highest BCUT2D eigenvalue weighted by atomic mass is 16.2. The summed E-state index contributed by atoms with van der Waals surface area (Å²) >= 11 is 0. The Morgan fingerprint density at radius 2 is 1.78 bits per heavy atom. The van der Waals surface area contributed by atoms with Crippen molar-refractivity contribution in [1.82, 2.24) is 0 Å². The summed E-state index contributed by atoms with van der Waals surface area (Å²) in [5, 5.41) is 14.6. The molecule has 2 atom stereocenters. The number of amides is 2. The van der Waals surface area contributed by atoms with Crippen LogP contribution in [0.3, 0.4) is 0 Å². The van der Waals surface area contributed by atoms with Crippen LogP contribution in [0.5, 0.6) is 0 Å². The number of aryl methyl sites for hydroxylation is 1. The average Bonchev–Trinajstić information content (AvgIpc) is 2.68. The number of rotatable bonds is 7. The molecule has 140 valence electrons. The van der Waals surface area contributed by atoms with Gasteiger partial charge < -0.3 is 15.5 Å². The van der Waals surface area contributed by atoms with Crippen LogP contribution >= 0.6 is 0 Å². The summed E-state index contributed by atoms with van der Waals surface area (Å²) in [6.07, 6.45) is 0.836.